The van der Waals surface area contributed by atoms with Gasteiger partial charge in [-0.2, -0.15) is 0 Å². The van der Waals surface area contributed by atoms with Gasteiger partial charge < -0.3 is 19.0 Å². The van der Waals surface area contributed by atoms with E-state index in [0.29, 0.717) is 17.8 Å². The number of phenolic OH excluding ortho intramolecular Hbond substituents is 1. The number of phenols is 1. The highest BCUT2D eigenvalue weighted by Crippen LogP contribution is 2.35. The summed E-state index contributed by atoms with van der Waals surface area (Å²) >= 11 is 3.39. The van der Waals surface area contributed by atoms with Crippen LogP contribution >= 0.6 is 15.9 Å². The van der Waals surface area contributed by atoms with Crippen LogP contribution in [0.3, 0.4) is 0 Å². The first-order valence-electron chi connectivity index (χ1n) is 8.27. The van der Waals surface area contributed by atoms with E-state index in [-0.39, 0.29) is 22.5 Å². The number of rotatable bonds is 7. The Bertz CT molecular complexity index is 947. The molecule has 0 unspecified atom stereocenters. The number of ether oxygens (including phenoxy) is 2. The third-order valence-corrected chi connectivity index (χ3v) is 4.53. The summed E-state index contributed by atoms with van der Waals surface area (Å²) in [7, 11) is 1.42. The van der Waals surface area contributed by atoms with E-state index in [2.05, 4.69) is 15.9 Å². The largest absolute Gasteiger partial charge is 0.504 e. The third-order valence-electron chi connectivity index (χ3n) is 3.97. The van der Waals surface area contributed by atoms with Gasteiger partial charge in [-0.15, -0.1) is 0 Å². The first-order chi connectivity index (χ1) is 12.6. The molecule has 0 bridgehead atoms. The van der Waals surface area contributed by atoms with Crippen molar-refractivity contribution in [3.05, 3.63) is 52.7 Å². The van der Waals surface area contributed by atoms with Crippen molar-refractivity contribution in [1.82, 2.24) is 0 Å². The Balaban J connectivity index is 1.91. The van der Waals surface area contributed by atoms with Crippen molar-refractivity contribution in [1.29, 1.82) is 0 Å². The number of alkyl halides is 1. The Morgan fingerprint density at radius 1 is 1.12 bits per heavy atom. The van der Waals surface area contributed by atoms with Crippen LogP contribution < -0.4 is 14.9 Å². The molecular weight excluding hydrogens is 400 g/mol. The van der Waals surface area contributed by atoms with Crippen LogP contribution in [0, 0.1) is 0 Å². The topological polar surface area (TPSA) is 68.9 Å². The van der Waals surface area contributed by atoms with E-state index in [4.69, 9.17) is 13.9 Å². The van der Waals surface area contributed by atoms with Crippen molar-refractivity contribution in [3.8, 4) is 28.6 Å². The van der Waals surface area contributed by atoms with Crippen LogP contribution in [0.5, 0.6) is 17.2 Å². The molecule has 3 aromatic rings. The minimum absolute atomic E-state index is 0.0764. The normalized spacial score (nSPS) is 10.8. The van der Waals surface area contributed by atoms with Crippen molar-refractivity contribution < 1.29 is 19.0 Å². The molecule has 0 fully saturated rings. The number of hydrogen-bond donors (Lipinski definition) is 1. The molecule has 3 rings (SSSR count). The molecule has 0 amide bonds. The summed E-state index contributed by atoms with van der Waals surface area (Å²) in [4.78, 5) is 12.4. The summed E-state index contributed by atoms with van der Waals surface area (Å²) < 4.78 is 16.7. The second kappa shape index (κ2) is 8.27. The maximum Gasteiger partial charge on any atom is 0.204 e. The Morgan fingerprint density at radius 3 is 2.58 bits per heavy atom. The summed E-state index contributed by atoms with van der Waals surface area (Å²) in [6, 6.07) is 11.7. The van der Waals surface area contributed by atoms with Gasteiger partial charge in [0.2, 0.25) is 5.75 Å². The molecule has 6 heteroatoms. The number of aromatic hydroxyl groups is 1. The molecule has 0 aliphatic heterocycles. The number of fused-ring (bicyclic) bond motifs is 1. The molecule has 0 aliphatic rings. The fourth-order valence-corrected chi connectivity index (χ4v) is 3.02. The molecule has 0 saturated carbocycles. The average Bonchev–Trinajstić information content (AvgIpc) is 2.65. The molecule has 1 heterocycles. The summed E-state index contributed by atoms with van der Waals surface area (Å²) in [5, 5.41) is 11.2. The number of hydrogen-bond acceptors (Lipinski definition) is 5. The number of benzene rings is 2. The standard InChI is InChI=1S/C20H19BrO5/c1-24-20-16(22)9-8-15-17(23)12-18(26-19(15)20)13-4-6-14(7-5-13)25-11-3-2-10-21/h4-9,12,22H,2-3,10-11H2,1H3. The van der Waals surface area contributed by atoms with Crippen LogP contribution in [-0.2, 0) is 0 Å². The minimum atomic E-state index is -0.199. The Kier molecular flexibility index (Phi) is 5.83. The minimum Gasteiger partial charge on any atom is -0.504 e. The maximum atomic E-state index is 12.4. The number of halogens is 1. The second-order valence-corrected chi connectivity index (χ2v) is 6.53. The first-order valence-corrected chi connectivity index (χ1v) is 9.39. The van der Waals surface area contributed by atoms with Gasteiger partial charge in [-0.05, 0) is 49.2 Å². The molecule has 1 aromatic heterocycles. The summed E-state index contributed by atoms with van der Waals surface area (Å²) in [6.07, 6.45) is 2.05. The summed E-state index contributed by atoms with van der Waals surface area (Å²) in [5.41, 5.74) is 0.766. The van der Waals surface area contributed by atoms with Gasteiger partial charge in [-0.25, -0.2) is 0 Å². The third kappa shape index (κ3) is 3.85. The zero-order chi connectivity index (χ0) is 18.5. The van der Waals surface area contributed by atoms with Gasteiger partial charge in [0.15, 0.2) is 16.8 Å². The number of unbranched alkanes of at least 4 members (excludes halogenated alkanes) is 1. The van der Waals surface area contributed by atoms with E-state index in [1.165, 1.54) is 25.3 Å². The van der Waals surface area contributed by atoms with E-state index >= 15 is 0 Å². The van der Waals surface area contributed by atoms with Crippen molar-refractivity contribution in [2.24, 2.45) is 0 Å². The van der Waals surface area contributed by atoms with E-state index in [1.807, 2.05) is 24.3 Å². The Labute approximate surface area is 159 Å². The molecule has 0 aliphatic carbocycles. The number of methoxy groups -OCH3 is 1. The van der Waals surface area contributed by atoms with E-state index in [1.54, 1.807) is 0 Å². The molecule has 1 N–H and O–H groups in total. The zero-order valence-electron chi connectivity index (χ0n) is 14.3. The van der Waals surface area contributed by atoms with Gasteiger partial charge in [0.1, 0.15) is 11.5 Å². The zero-order valence-corrected chi connectivity index (χ0v) is 15.9. The Hall–Kier alpha value is -2.47. The molecule has 0 saturated heterocycles. The fourth-order valence-electron chi connectivity index (χ4n) is 2.63. The molecule has 136 valence electrons. The van der Waals surface area contributed by atoms with Crippen LogP contribution in [0.15, 0.2) is 51.7 Å². The molecule has 0 radical (unpaired) electrons. The van der Waals surface area contributed by atoms with Crippen LogP contribution in [0.25, 0.3) is 22.3 Å². The van der Waals surface area contributed by atoms with Gasteiger partial charge in [-0.1, -0.05) is 15.9 Å². The van der Waals surface area contributed by atoms with Gasteiger partial charge in [0, 0.05) is 17.0 Å². The average molecular weight is 419 g/mol. The summed E-state index contributed by atoms with van der Waals surface area (Å²) in [5.74, 6) is 1.24. The van der Waals surface area contributed by atoms with Crippen molar-refractivity contribution in [3.63, 3.8) is 0 Å². The first kappa shape index (κ1) is 18.3. The van der Waals surface area contributed by atoms with Gasteiger partial charge in [0.05, 0.1) is 19.1 Å². The SMILES string of the molecule is COc1c(O)ccc2c(=O)cc(-c3ccc(OCCCCBr)cc3)oc12. The fraction of sp³-hybridized carbons (Fsp3) is 0.250. The van der Waals surface area contributed by atoms with Crippen LogP contribution in [-0.4, -0.2) is 24.2 Å². The summed E-state index contributed by atoms with van der Waals surface area (Å²) in [6.45, 7) is 0.659. The highest BCUT2D eigenvalue weighted by Gasteiger charge is 2.14. The highest BCUT2D eigenvalue weighted by molar-refractivity contribution is 9.09. The second-order valence-electron chi connectivity index (χ2n) is 5.74. The van der Waals surface area contributed by atoms with Crippen molar-refractivity contribution >= 4 is 26.9 Å². The lowest BCUT2D eigenvalue weighted by Gasteiger charge is -2.09. The van der Waals surface area contributed by atoms with Gasteiger partial charge in [0.25, 0.3) is 0 Å². The van der Waals surface area contributed by atoms with Gasteiger partial charge >= 0.3 is 0 Å². The van der Waals surface area contributed by atoms with Crippen molar-refractivity contribution in [2.75, 3.05) is 19.0 Å². The van der Waals surface area contributed by atoms with Crippen LogP contribution in [0.4, 0.5) is 0 Å². The lowest BCUT2D eigenvalue weighted by atomic mass is 10.1. The van der Waals surface area contributed by atoms with Crippen LogP contribution in [0.1, 0.15) is 12.8 Å². The molecule has 0 spiro atoms. The molecule has 2 aromatic carbocycles. The lowest BCUT2D eigenvalue weighted by molar-refractivity contribution is 0.310. The molecule has 0 atom stereocenters. The molecule has 26 heavy (non-hydrogen) atoms. The Morgan fingerprint density at radius 2 is 1.88 bits per heavy atom. The van der Waals surface area contributed by atoms with E-state index in [9.17, 15) is 9.90 Å². The lowest BCUT2D eigenvalue weighted by Crippen LogP contribution is -2.01. The predicted octanol–water partition coefficient (Wildman–Crippen LogP) is 4.73. The van der Waals surface area contributed by atoms with E-state index < -0.39 is 0 Å². The van der Waals surface area contributed by atoms with Gasteiger partial charge in [-0.3, -0.25) is 4.79 Å². The van der Waals surface area contributed by atoms with Crippen molar-refractivity contribution in [2.45, 2.75) is 12.8 Å². The van der Waals surface area contributed by atoms with Crippen LogP contribution in [0.2, 0.25) is 0 Å². The smallest absolute Gasteiger partial charge is 0.204 e. The molecular formula is C20H19BrO5. The maximum absolute atomic E-state index is 12.4. The predicted molar refractivity (Wildman–Crippen MR) is 105 cm³/mol. The monoisotopic (exact) mass is 418 g/mol. The molecule has 5 nitrogen and oxygen atoms in total. The quantitative estimate of drug-likeness (QED) is 0.443. The van der Waals surface area contributed by atoms with E-state index in [0.717, 1.165) is 29.5 Å². The highest BCUT2D eigenvalue weighted by atomic mass is 79.9.